The lowest BCUT2D eigenvalue weighted by Gasteiger charge is -2.11. The van der Waals surface area contributed by atoms with Gasteiger partial charge in [0.05, 0.1) is 11.8 Å². The van der Waals surface area contributed by atoms with E-state index in [1.807, 2.05) is 0 Å². The van der Waals surface area contributed by atoms with E-state index in [1.165, 1.54) is 24.4 Å². The monoisotopic (exact) mass is 459 g/mol. The van der Waals surface area contributed by atoms with Gasteiger partial charge in [-0.1, -0.05) is 12.1 Å². The number of para-hydroxylation sites is 1. The number of aromatic nitrogens is 3. The van der Waals surface area contributed by atoms with Crippen LogP contribution in [-0.2, 0) is 11.0 Å². The Labute approximate surface area is 184 Å². The summed E-state index contributed by atoms with van der Waals surface area (Å²) in [4.78, 5) is 23.0. The number of rotatable bonds is 6. The van der Waals surface area contributed by atoms with Crippen molar-refractivity contribution in [3.63, 3.8) is 0 Å². The van der Waals surface area contributed by atoms with Crippen LogP contribution < -0.4 is 9.47 Å². The number of ether oxygens (including phenoxy) is 2. The molecule has 0 spiro atoms. The number of carboxylic acid groups (broad SMARTS) is 1. The van der Waals surface area contributed by atoms with E-state index < -0.39 is 30.1 Å². The highest BCUT2D eigenvalue weighted by molar-refractivity contribution is 5.73. The molecule has 0 bridgehead atoms. The summed E-state index contributed by atoms with van der Waals surface area (Å²) in [5.74, 6) is -0.891. The van der Waals surface area contributed by atoms with Crippen molar-refractivity contribution in [2.75, 3.05) is 6.61 Å². The van der Waals surface area contributed by atoms with Crippen LogP contribution in [0.15, 0.2) is 47.0 Å². The summed E-state index contributed by atoms with van der Waals surface area (Å²) in [5.41, 5.74) is 1.28. The molecular formula is C22H16F3N3O5. The topological polar surface area (TPSA) is 108 Å². The Kier molecular flexibility index (Phi) is 5.62. The first-order valence-electron chi connectivity index (χ1n) is 9.55. The molecule has 4 rings (SSSR count). The Morgan fingerprint density at radius 3 is 2.48 bits per heavy atom. The first kappa shape index (κ1) is 22.1. The molecule has 0 saturated carbocycles. The average Bonchev–Trinajstić information content (AvgIpc) is 3.16. The maximum absolute atomic E-state index is 13.2. The molecular weight excluding hydrogens is 443 g/mol. The molecule has 2 heterocycles. The van der Waals surface area contributed by atoms with Crippen LogP contribution in [0, 0.1) is 13.8 Å². The van der Waals surface area contributed by atoms with Gasteiger partial charge >= 0.3 is 18.2 Å². The maximum Gasteiger partial charge on any atom is 0.419 e. The van der Waals surface area contributed by atoms with Crippen molar-refractivity contribution < 1.29 is 37.0 Å². The van der Waals surface area contributed by atoms with E-state index >= 15 is 0 Å². The molecule has 2 aromatic carbocycles. The molecule has 11 heteroatoms. The van der Waals surface area contributed by atoms with E-state index in [9.17, 15) is 18.0 Å². The van der Waals surface area contributed by atoms with E-state index in [-0.39, 0.29) is 23.1 Å². The van der Waals surface area contributed by atoms with Gasteiger partial charge < -0.3 is 19.0 Å². The molecule has 0 unspecified atom stereocenters. The van der Waals surface area contributed by atoms with Gasteiger partial charge in [-0.05, 0) is 49.2 Å². The maximum atomic E-state index is 13.2. The fourth-order valence-electron chi connectivity index (χ4n) is 3.22. The smallest absolute Gasteiger partial charge is 0.419 e. The number of hydrogen-bond acceptors (Lipinski definition) is 7. The number of oxazole rings is 1. The number of carbonyl (C=O) groups is 1. The summed E-state index contributed by atoms with van der Waals surface area (Å²) >= 11 is 0. The van der Waals surface area contributed by atoms with Gasteiger partial charge in [0.2, 0.25) is 5.89 Å². The summed E-state index contributed by atoms with van der Waals surface area (Å²) in [7, 11) is 0. The number of nitrogens with zero attached hydrogens (tertiary/aromatic N) is 3. The average molecular weight is 459 g/mol. The molecule has 0 saturated heterocycles. The van der Waals surface area contributed by atoms with Gasteiger partial charge in [0.1, 0.15) is 17.0 Å². The van der Waals surface area contributed by atoms with Crippen molar-refractivity contribution >= 4 is 17.2 Å². The fraction of sp³-hybridized carbons (Fsp3) is 0.182. The Hall–Kier alpha value is -4.15. The number of carboxylic acids is 1. The number of halogens is 3. The van der Waals surface area contributed by atoms with Crippen LogP contribution in [0.25, 0.3) is 22.7 Å². The van der Waals surface area contributed by atoms with Gasteiger partial charge in [-0.2, -0.15) is 18.2 Å². The highest BCUT2D eigenvalue weighted by Gasteiger charge is 2.34. The summed E-state index contributed by atoms with van der Waals surface area (Å²) in [6.45, 7) is 3.03. The van der Waals surface area contributed by atoms with E-state index in [0.717, 1.165) is 6.07 Å². The summed E-state index contributed by atoms with van der Waals surface area (Å²) in [5, 5.41) is 8.81. The molecule has 8 nitrogen and oxygen atoms in total. The lowest BCUT2D eigenvalue weighted by molar-refractivity contribution is -0.139. The zero-order valence-electron chi connectivity index (χ0n) is 17.3. The molecule has 0 fully saturated rings. The molecule has 33 heavy (non-hydrogen) atoms. The summed E-state index contributed by atoms with van der Waals surface area (Å²) in [6, 6.07) is 7.82. The van der Waals surface area contributed by atoms with Crippen LogP contribution in [0.3, 0.4) is 0 Å². The zero-order chi connectivity index (χ0) is 23.8. The van der Waals surface area contributed by atoms with Crippen LogP contribution in [-0.4, -0.2) is 32.6 Å². The lowest BCUT2D eigenvalue weighted by Crippen LogP contribution is -2.10. The lowest BCUT2D eigenvalue weighted by atomic mass is 10.1. The van der Waals surface area contributed by atoms with Gasteiger partial charge in [-0.3, -0.25) is 0 Å². The predicted molar refractivity (Wildman–Crippen MR) is 109 cm³/mol. The summed E-state index contributed by atoms with van der Waals surface area (Å²) in [6.07, 6.45) is -3.32. The second kappa shape index (κ2) is 8.41. The first-order chi connectivity index (χ1) is 15.6. The number of aryl methyl sites for hydroxylation is 2. The van der Waals surface area contributed by atoms with Crippen molar-refractivity contribution in [1.82, 2.24) is 15.0 Å². The minimum atomic E-state index is -4.60. The van der Waals surface area contributed by atoms with Gasteiger partial charge in [0.15, 0.2) is 6.61 Å². The molecule has 0 aliphatic heterocycles. The first-order valence-corrected chi connectivity index (χ1v) is 9.55. The molecule has 1 N–H and O–H groups in total. The van der Waals surface area contributed by atoms with Gasteiger partial charge in [0.25, 0.3) is 5.71 Å². The van der Waals surface area contributed by atoms with Crippen molar-refractivity contribution in [2.24, 2.45) is 0 Å². The number of fused-ring (bicyclic) bond motifs is 1. The van der Waals surface area contributed by atoms with Crippen molar-refractivity contribution in [1.29, 1.82) is 0 Å². The third-order valence-electron chi connectivity index (χ3n) is 4.57. The minimum Gasteiger partial charge on any atom is -0.481 e. The second-order valence-electron chi connectivity index (χ2n) is 7.08. The van der Waals surface area contributed by atoms with Crippen LogP contribution in [0.1, 0.15) is 16.7 Å². The quantitative estimate of drug-likeness (QED) is 0.421. The van der Waals surface area contributed by atoms with E-state index in [1.54, 1.807) is 26.0 Å². The van der Waals surface area contributed by atoms with Gasteiger partial charge in [-0.15, -0.1) is 0 Å². The normalized spacial score (nSPS) is 11.5. The standard InChI is InChI=1S/C22H16F3N3O5/c1-11-7-13(8-12(2)18(11)31-10-17(29)30)19-27-15-9-26-21(28-20(15)33-19)32-16-6-4-3-5-14(16)22(23,24)25/h3-9H,10H2,1-2H3,(H,29,30). The highest BCUT2D eigenvalue weighted by atomic mass is 19.4. The van der Waals surface area contributed by atoms with Crippen LogP contribution in [0.5, 0.6) is 17.5 Å². The Bertz CT molecular complexity index is 1330. The Morgan fingerprint density at radius 2 is 1.82 bits per heavy atom. The third-order valence-corrected chi connectivity index (χ3v) is 4.57. The third kappa shape index (κ3) is 4.71. The molecule has 170 valence electrons. The van der Waals surface area contributed by atoms with Crippen molar-refractivity contribution in [3.05, 3.63) is 59.3 Å². The van der Waals surface area contributed by atoms with E-state index in [0.29, 0.717) is 22.4 Å². The number of alkyl halides is 3. The zero-order valence-corrected chi connectivity index (χ0v) is 17.3. The van der Waals surface area contributed by atoms with Gasteiger partial charge in [-0.25, -0.2) is 14.8 Å². The molecule has 0 atom stereocenters. The molecule has 0 aliphatic rings. The van der Waals surface area contributed by atoms with Crippen LogP contribution >= 0.6 is 0 Å². The molecule has 0 amide bonds. The predicted octanol–water partition coefficient (Wildman–Crippen LogP) is 5.18. The van der Waals surface area contributed by atoms with Gasteiger partial charge in [0, 0.05) is 5.56 Å². The molecule has 2 aromatic heterocycles. The number of hydrogen-bond donors (Lipinski definition) is 1. The minimum absolute atomic E-state index is 0.0287. The SMILES string of the molecule is Cc1cc(-c2nc3cnc(Oc4ccccc4C(F)(F)F)nc3o2)cc(C)c1OCC(=O)O. The largest absolute Gasteiger partial charge is 0.481 e. The Morgan fingerprint density at radius 1 is 1.12 bits per heavy atom. The molecule has 0 radical (unpaired) electrons. The van der Waals surface area contributed by atoms with Crippen LogP contribution in [0.2, 0.25) is 0 Å². The fourth-order valence-corrected chi connectivity index (χ4v) is 3.22. The number of benzene rings is 2. The van der Waals surface area contributed by atoms with Crippen LogP contribution in [0.4, 0.5) is 13.2 Å². The van der Waals surface area contributed by atoms with Crippen molar-refractivity contribution in [2.45, 2.75) is 20.0 Å². The molecule has 0 aliphatic carbocycles. The molecule has 4 aromatic rings. The second-order valence-corrected chi connectivity index (χ2v) is 7.08. The van der Waals surface area contributed by atoms with E-state index in [4.69, 9.17) is 19.0 Å². The van der Waals surface area contributed by atoms with E-state index in [2.05, 4.69) is 15.0 Å². The highest BCUT2D eigenvalue weighted by Crippen LogP contribution is 2.37. The number of aliphatic carboxylic acids is 1. The Balaban J connectivity index is 1.64. The summed E-state index contributed by atoms with van der Waals surface area (Å²) < 4.78 is 55.8. The van der Waals surface area contributed by atoms with Crippen molar-refractivity contribution in [3.8, 4) is 29.0 Å².